The van der Waals surface area contributed by atoms with Gasteiger partial charge in [-0.05, 0) is 25.1 Å². The van der Waals surface area contributed by atoms with E-state index in [0.717, 1.165) is 21.6 Å². The van der Waals surface area contributed by atoms with Crippen LogP contribution in [0, 0.1) is 0 Å². The zero-order valence-corrected chi connectivity index (χ0v) is 10.6. The van der Waals surface area contributed by atoms with Gasteiger partial charge in [-0.15, -0.1) is 11.3 Å². The molecule has 4 nitrogen and oxygen atoms in total. The molecule has 3 aromatic rings. The minimum absolute atomic E-state index is 0.532. The van der Waals surface area contributed by atoms with Gasteiger partial charge >= 0.3 is 0 Å². The van der Waals surface area contributed by atoms with E-state index in [1.807, 2.05) is 23.6 Å². The number of aromatic nitrogens is 3. The molecule has 0 aliphatic heterocycles. The maximum absolute atomic E-state index is 9.48. The Labute approximate surface area is 108 Å². The van der Waals surface area contributed by atoms with Gasteiger partial charge in [0.15, 0.2) is 0 Å². The topological polar surface area (TPSA) is 58.9 Å². The summed E-state index contributed by atoms with van der Waals surface area (Å²) in [5, 5.41) is 12.2. The maximum Gasteiger partial charge on any atom is 0.123 e. The first-order chi connectivity index (χ1) is 8.74. The van der Waals surface area contributed by atoms with Crippen molar-refractivity contribution in [3.05, 3.63) is 41.7 Å². The lowest BCUT2D eigenvalue weighted by atomic mass is 10.2. The molecule has 18 heavy (non-hydrogen) atoms. The Bertz CT molecular complexity index is 693. The second kappa shape index (κ2) is 4.44. The van der Waals surface area contributed by atoms with Crippen molar-refractivity contribution in [1.82, 2.24) is 15.0 Å². The lowest BCUT2D eigenvalue weighted by Crippen LogP contribution is -1.90. The summed E-state index contributed by atoms with van der Waals surface area (Å²) in [6, 6.07) is 5.87. The number of fused-ring (bicyclic) bond motifs is 1. The monoisotopic (exact) mass is 257 g/mol. The van der Waals surface area contributed by atoms with Crippen LogP contribution < -0.4 is 0 Å². The molecule has 2 aromatic heterocycles. The van der Waals surface area contributed by atoms with E-state index < -0.39 is 6.10 Å². The van der Waals surface area contributed by atoms with Gasteiger partial charge in [0.2, 0.25) is 0 Å². The third kappa shape index (κ3) is 1.98. The molecule has 2 heterocycles. The molecule has 0 fully saturated rings. The normalized spacial score (nSPS) is 12.8. The Kier molecular flexibility index (Phi) is 2.77. The highest BCUT2D eigenvalue weighted by atomic mass is 32.1. The molecule has 0 amide bonds. The van der Waals surface area contributed by atoms with Gasteiger partial charge in [0.1, 0.15) is 5.01 Å². The van der Waals surface area contributed by atoms with Crippen LogP contribution in [0.1, 0.15) is 18.7 Å². The van der Waals surface area contributed by atoms with Crippen LogP contribution in [0.5, 0.6) is 0 Å². The van der Waals surface area contributed by atoms with Crippen LogP contribution in [0.25, 0.3) is 21.6 Å². The van der Waals surface area contributed by atoms with Gasteiger partial charge < -0.3 is 5.11 Å². The Morgan fingerprint density at radius 3 is 2.67 bits per heavy atom. The zero-order valence-electron chi connectivity index (χ0n) is 9.74. The molecule has 1 N–H and O–H groups in total. The first-order valence-corrected chi connectivity index (χ1v) is 6.46. The molecule has 0 radical (unpaired) electrons. The van der Waals surface area contributed by atoms with Crippen molar-refractivity contribution in [3.63, 3.8) is 0 Å². The number of hydrogen-bond donors (Lipinski definition) is 1. The summed E-state index contributed by atoms with van der Waals surface area (Å²) in [7, 11) is 0. The van der Waals surface area contributed by atoms with Crippen LogP contribution in [-0.4, -0.2) is 20.1 Å². The van der Waals surface area contributed by atoms with Gasteiger partial charge in [-0.3, -0.25) is 9.97 Å². The lowest BCUT2D eigenvalue weighted by Gasteiger charge is -2.00. The van der Waals surface area contributed by atoms with E-state index in [9.17, 15) is 5.11 Å². The van der Waals surface area contributed by atoms with E-state index in [0.29, 0.717) is 5.69 Å². The van der Waals surface area contributed by atoms with Crippen molar-refractivity contribution in [2.24, 2.45) is 0 Å². The van der Waals surface area contributed by atoms with Gasteiger partial charge in [-0.1, -0.05) is 0 Å². The molecule has 3 rings (SSSR count). The summed E-state index contributed by atoms with van der Waals surface area (Å²) in [5.74, 6) is 0. The van der Waals surface area contributed by atoms with Crippen LogP contribution in [0.2, 0.25) is 0 Å². The molecule has 1 unspecified atom stereocenters. The minimum atomic E-state index is -0.532. The first-order valence-electron chi connectivity index (χ1n) is 5.58. The zero-order chi connectivity index (χ0) is 12.5. The van der Waals surface area contributed by atoms with Crippen molar-refractivity contribution in [3.8, 4) is 10.6 Å². The third-order valence-corrected chi connectivity index (χ3v) is 3.58. The molecule has 0 bridgehead atoms. The number of aliphatic hydroxyl groups is 1. The fraction of sp³-hybridized carbons (Fsp3) is 0.154. The quantitative estimate of drug-likeness (QED) is 0.767. The smallest absolute Gasteiger partial charge is 0.123 e. The van der Waals surface area contributed by atoms with Gasteiger partial charge in [-0.2, -0.15) is 0 Å². The summed E-state index contributed by atoms with van der Waals surface area (Å²) in [6.07, 6.45) is 2.82. The molecule has 1 aromatic carbocycles. The number of hydrogen-bond acceptors (Lipinski definition) is 5. The molecule has 0 saturated carbocycles. The number of aliphatic hydroxyl groups excluding tert-OH is 1. The number of benzene rings is 1. The van der Waals surface area contributed by atoms with Gasteiger partial charge in [-0.25, -0.2) is 4.98 Å². The SMILES string of the molecule is CC(O)c1csc(-c2ccc3nccnc3c2)n1. The second-order valence-corrected chi connectivity index (χ2v) is 4.87. The highest BCUT2D eigenvalue weighted by molar-refractivity contribution is 7.13. The van der Waals surface area contributed by atoms with E-state index >= 15 is 0 Å². The van der Waals surface area contributed by atoms with Crippen molar-refractivity contribution in [2.45, 2.75) is 13.0 Å². The Morgan fingerprint density at radius 1 is 1.17 bits per heavy atom. The van der Waals surface area contributed by atoms with Crippen LogP contribution in [-0.2, 0) is 0 Å². The Balaban J connectivity index is 2.07. The van der Waals surface area contributed by atoms with Gasteiger partial charge in [0.25, 0.3) is 0 Å². The average molecular weight is 257 g/mol. The van der Waals surface area contributed by atoms with E-state index in [-0.39, 0.29) is 0 Å². The molecular formula is C13H11N3OS. The predicted molar refractivity (Wildman–Crippen MR) is 71.3 cm³/mol. The molecule has 0 aliphatic carbocycles. The number of rotatable bonds is 2. The molecule has 5 heteroatoms. The summed E-state index contributed by atoms with van der Waals surface area (Å²) < 4.78 is 0. The van der Waals surface area contributed by atoms with Crippen molar-refractivity contribution < 1.29 is 5.11 Å². The van der Waals surface area contributed by atoms with Crippen molar-refractivity contribution in [1.29, 1.82) is 0 Å². The Morgan fingerprint density at radius 2 is 1.94 bits per heavy atom. The van der Waals surface area contributed by atoms with E-state index in [2.05, 4.69) is 15.0 Å². The van der Waals surface area contributed by atoms with Gasteiger partial charge in [0, 0.05) is 23.3 Å². The van der Waals surface area contributed by atoms with Gasteiger partial charge in [0.05, 0.1) is 22.8 Å². The van der Waals surface area contributed by atoms with E-state index in [4.69, 9.17) is 0 Å². The molecule has 0 spiro atoms. The fourth-order valence-corrected chi connectivity index (χ4v) is 2.61. The maximum atomic E-state index is 9.48. The predicted octanol–water partition coefficient (Wildman–Crippen LogP) is 2.81. The summed E-state index contributed by atoms with van der Waals surface area (Å²) >= 11 is 1.52. The number of thiazole rings is 1. The van der Waals surface area contributed by atoms with E-state index in [1.165, 1.54) is 11.3 Å². The van der Waals surface area contributed by atoms with Crippen LogP contribution >= 0.6 is 11.3 Å². The van der Waals surface area contributed by atoms with Crippen LogP contribution in [0.3, 0.4) is 0 Å². The second-order valence-electron chi connectivity index (χ2n) is 4.01. The molecule has 0 aliphatic rings. The molecule has 1 atom stereocenters. The van der Waals surface area contributed by atoms with Crippen molar-refractivity contribution >= 4 is 22.4 Å². The highest BCUT2D eigenvalue weighted by Gasteiger charge is 2.09. The van der Waals surface area contributed by atoms with Crippen molar-refractivity contribution in [2.75, 3.05) is 0 Å². The first kappa shape index (κ1) is 11.3. The van der Waals surface area contributed by atoms with Crippen LogP contribution in [0.15, 0.2) is 36.0 Å². The Hall–Kier alpha value is -1.85. The summed E-state index contributed by atoms with van der Waals surface area (Å²) in [4.78, 5) is 12.9. The summed E-state index contributed by atoms with van der Waals surface area (Å²) in [6.45, 7) is 1.71. The largest absolute Gasteiger partial charge is 0.387 e. The minimum Gasteiger partial charge on any atom is -0.387 e. The van der Waals surface area contributed by atoms with E-state index in [1.54, 1.807) is 19.3 Å². The standard InChI is InChI=1S/C13H11N3OS/c1-8(17)12-7-18-13(16-12)9-2-3-10-11(6-9)15-5-4-14-10/h2-8,17H,1H3. The molecular weight excluding hydrogens is 246 g/mol. The lowest BCUT2D eigenvalue weighted by molar-refractivity contribution is 0.195. The fourth-order valence-electron chi connectivity index (χ4n) is 1.71. The highest BCUT2D eigenvalue weighted by Crippen LogP contribution is 2.27. The molecule has 90 valence electrons. The average Bonchev–Trinajstić information content (AvgIpc) is 2.88. The summed E-state index contributed by atoms with van der Waals surface area (Å²) in [5.41, 5.74) is 3.42. The van der Waals surface area contributed by atoms with Crippen LogP contribution in [0.4, 0.5) is 0 Å². The molecule has 0 saturated heterocycles. The third-order valence-electron chi connectivity index (χ3n) is 2.67. The number of nitrogens with zero attached hydrogens (tertiary/aromatic N) is 3.